The van der Waals surface area contributed by atoms with E-state index in [1.165, 1.54) is 6.92 Å². The van der Waals surface area contributed by atoms with Crippen LogP contribution in [0.3, 0.4) is 0 Å². The van der Waals surface area contributed by atoms with Crippen LogP contribution in [0.25, 0.3) is 10.8 Å². The van der Waals surface area contributed by atoms with E-state index >= 15 is 0 Å². The number of nitriles is 1. The zero-order valence-corrected chi connectivity index (χ0v) is 15.2. The predicted octanol–water partition coefficient (Wildman–Crippen LogP) is 4.95. The summed E-state index contributed by atoms with van der Waals surface area (Å²) in [5.74, 6) is 0.352. The van der Waals surface area contributed by atoms with Gasteiger partial charge in [0.05, 0.1) is 10.7 Å². The Morgan fingerprint density at radius 3 is 2.77 bits per heavy atom. The highest BCUT2D eigenvalue weighted by Crippen LogP contribution is 2.34. The molecule has 0 aliphatic carbocycles. The normalized spacial score (nSPS) is 10.4. The van der Waals surface area contributed by atoms with E-state index in [0.717, 1.165) is 5.39 Å². The number of anilines is 1. The number of carbonyl (C=O) groups is 1. The number of halogens is 2. The fraction of sp³-hybridized carbons (Fsp3) is 0.105. The number of nitrogens with one attached hydrogen (secondary N) is 1. The summed E-state index contributed by atoms with van der Waals surface area (Å²) in [6, 6.07) is 12.5. The molecular formula is C19H13Cl2N3O2. The maximum atomic E-state index is 11.3. The summed E-state index contributed by atoms with van der Waals surface area (Å²) >= 11 is 12.6. The van der Waals surface area contributed by atoms with Crippen LogP contribution in [0.2, 0.25) is 10.0 Å². The lowest BCUT2D eigenvalue weighted by Gasteiger charge is -2.14. The van der Waals surface area contributed by atoms with E-state index < -0.39 is 0 Å². The van der Waals surface area contributed by atoms with Crippen molar-refractivity contribution in [3.8, 4) is 11.8 Å². The van der Waals surface area contributed by atoms with Crippen molar-refractivity contribution in [2.45, 2.75) is 13.5 Å². The molecule has 0 fully saturated rings. The van der Waals surface area contributed by atoms with E-state index in [1.807, 2.05) is 6.07 Å². The van der Waals surface area contributed by atoms with Gasteiger partial charge in [0.1, 0.15) is 24.1 Å². The van der Waals surface area contributed by atoms with Gasteiger partial charge in [0.25, 0.3) is 0 Å². The van der Waals surface area contributed by atoms with Gasteiger partial charge in [0.2, 0.25) is 5.91 Å². The molecule has 0 saturated heterocycles. The molecule has 1 heterocycles. The van der Waals surface area contributed by atoms with Gasteiger partial charge in [-0.05, 0) is 24.3 Å². The van der Waals surface area contributed by atoms with Crippen LogP contribution in [0.15, 0.2) is 42.6 Å². The number of fused-ring (bicyclic) bond motifs is 1. The number of ether oxygens (including phenoxy) is 1. The van der Waals surface area contributed by atoms with E-state index in [1.54, 1.807) is 36.5 Å². The molecule has 1 amide bonds. The summed E-state index contributed by atoms with van der Waals surface area (Å²) in [5, 5.41) is 14.1. The molecule has 0 atom stereocenters. The van der Waals surface area contributed by atoms with E-state index in [4.69, 9.17) is 27.9 Å². The average molecular weight is 386 g/mol. The van der Waals surface area contributed by atoms with Gasteiger partial charge in [-0.1, -0.05) is 35.3 Å². The number of hydrogen-bond acceptors (Lipinski definition) is 4. The molecule has 0 spiro atoms. The van der Waals surface area contributed by atoms with E-state index in [-0.39, 0.29) is 12.5 Å². The second-order valence-corrected chi connectivity index (χ2v) is 6.27. The van der Waals surface area contributed by atoms with Crippen LogP contribution in [-0.4, -0.2) is 10.9 Å². The molecule has 1 N–H and O–H groups in total. The van der Waals surface area contributed by atoms with Crippen LogP contribution < -0.4 is 10.1 Å². The van der Waals surface area contributed by atoms with Crippen LogP contribution in [0.1, 0.15) is 18.2 Å². The summed E-state index contributed by atoms with van der Waals surface area (Å²) < 4.78 is 5.91. The maximum Gasteiger partial charge on any atom is 0.221 e. The van der Waals surface area contributed by atoms with Crippen LogP contribution in [-0.2, 0) is 11.4 Å². The number of amides is 1. The highest BCUT2D eigenvalue weighted by atomic mass is 35.5. The molecule has 5 nitrogen and oxygen atoms in total. The van der Waals surface area contributed by atoms with Crippen molar-refractivity contribution in [1.82, 2.24) is 4.98 Å². The van der Waals surface area contributed by atoms with Crippen molar-refractivity contribution in [2.24, 2.45) is 0 Å². The molecule has 7 heteroatoms. The quantitative estimate of drug-likeness (QED) is 0.689. The maximum absolute atomic E-state index is 11.3. The Hall–Kier alpha value is -2.81. The molecule has 3 aromatic rings. The zero-order valence-electron chi connectivity index (χ0n) is 13.7. The number of aromatic nitrogens is 1. The number of benzene rings is 2. The fourth-order valence-corrected chi connectivity index (χ4v) is 3.09. The highest BCUT2D eigenvalue weighted by molar-refractivity contribution is 6.38. The Morgan fingerprint density at radius 1 is 1.23 bits per heavy atom. The Kier molecular flexibility index (Phi) is 5.27. The van der Waals surface area contributed by atoms with E-state index in [9.17, 15) is 10.1 Å². The second kappa shape index (κ2) is 7.61. The third-order valence-corrected chi connectivity index (χ3v) is 4.53. The van der Waals surface area contributed by atoms with Crippen molar-refractivity contribution in [3.63, 3.8) is 0 Å². The highest BCUT2D eigenvalue weighted by Gasteiger charge is 2.14. The lowest BCUT2D eigenvalue weighted by molar-refractivity contribution is -0.114. The lowest BCUT2D eigenvalue weighted by Crippen LogP contribution is -2.08. The molecule has 130 valence electrons. The molecule has 2 aromatic carbocycles. The van der Waals surface area contributed by atoms with Gasteiger partial charge in [0, 0.05) is 34.5 Å². The standard InChI is InChI=1S/C19H13Cl2N3O2/c1-11(25)24-16-6-5-15(20)14(19(16)21)10-26-18-4-2-3-12-13(18)7-8-23-17(12)9-22/h2-8H,10H2,1H3,(H,24,25). The van der Waals surface area contributed by atoms with Crippen molar-refractivity contribution < 1.29 is 9.53 Å². The summed E-state index contributed by atoms with van der Waals surface area (Å²) in [5.41, 5.74) is 1.36. The van der Waals surface area contributed by atoms with Crippen molar-refractivity contribution in [3.05, 3.63) is 63.9 Å². The van der Waals surface area contributed by atoms with Crippen molar-refractivity contribution in [1.29, 1.82) is 5.26 Å². The van der Waals surface area contributed by atoms with Gasteiger partial charge in [-0.15, -0.1) is 0 Å². The molecule has 0 radical (unpaired) electrons. The molecule has 0 bridgehead atoms. The zero-order chi connectivity index (χ0) is 18.7. The Morgan fingerprint density at radius 2 is 2.04 bits per heavy atom. The molecule has 0 aliphatic heterocycles. The number of pyridine rings is 1. The van der Waals surface area contributed by atoms with Gasteiger partial charge in [0.15, 0.2) is 0 Å². The minimum absolute atomic E-state index is 0.106. The first kappa shape index (κ1) is 18.0. The molecule has 3 rings (SSSR count). The largest absolute Gasteiger partial charge is 0.488 e. The van der Waals surface area contributed by atoms with Crippen molar-refractivity contribution >= 4 is 45.6 Å². The molecule has 1 aromatic heterocycles. The first-order valence-electron chi connectivity index (χ1n) is 7.66. The van der Waals surface area contributed by atoms with Gasteiger partial charge >= 0.3 is 0 Å². The number of carbonyl (C=O) groups excluding carboxylic acids is 1. The van der Waals surface area contributed by atoms with Crippen LogP contribution in [0, 0.1) is 11.3 Å². The van der Waals surface area contributed by atoms with Gasteiger partial charge < -0.3 is 10.1 Å². The fourth-order valence-electron chi connectivity index (χ4n) is 2.56. The number of hydrogen-bond donors (Lipinski definition) is 1. The van der Waals surface area contributed by atoms with Gasteiger partial charge in [-0.3, -0.25) is 4.79 Å². The minimum Gasteiger partial charge on any atom is -0.488 e. The van der Waals surface area contributed by atoms with Crippen LogP contribution in [0.5, 0.6) is 5.75 Å². The Balaban J connectivity index is 1.94. The summed E-state index contributed by atoms with van der Waals surface area (Å²) in [6.45, 7) is 1.51. The van der Waals surface area contributed by atoms with E-state index in [2.05, 4.69) is 16.4 Å². The van der Waals surface area contributed by atoms with E-state index in [0.29, 0.717) is 38.1 Å². The minimum atomic E-state index is -0.230. The monoisotopic (exact) mass is 385 g/mol. The smallest absolute Gasteiger partial charge is 0.221 e. The lowest BCUT2D eigenvalue weighted by atomic mass is 10.1. The average Bonchev–Trinajstić information content (AvgIpc) is 2.63. The SMILES string of the molecule is CC(=O)Nc1ccc(Cl)c(COc2cccc3c(C#N)nccc23)c1Cl. The third kappa shape index (κ3) is 3.57. The van der Waals surface area contributed by atoms with Crippen molar-refractivity contribution in [2.75, 3.05) is 5.32 Å². The second-order valence-electron chi connectivity index (χ2n) is 5.48. The van der Waals surface area contributed by atoms with Gasteiger partial charge in [-0.25, -0.2) is 4.98 Å². The first-order chi connectivity index (χ1) is 12.5. The Labute approximate surface area is 160 Å². The molecule has 0 unspecified atom stereocenters. The molecule has 0 aliphatic rings. The number of nitrogens with zero attached hydrogens (tertiary/aromatic N) is 2. The van der Waals surface area contributed by atoms with Gasteiger partial charge in [-0.2, -0.15) is 5.26 Å². The summed E-state index contributed by atoms with van der Waals surface area (Å²) in [7, 11) is 0. The summed E-state index contributed by atoms with van der Waals surface area (Å²) in [4.78, 5) is 15.3. The third-order valence-electron chi connectivity index (χ3n) is 3.74. The summed E-state index contributed by atoms with van der Waals surface area (Å²) in [6.07, 6.45) is 1.56. The molecule has 0 saturated carbocycles. The first-order valence-corrected chi connectivity index (χ1v) is 8.42. The topological polar surface area (TPSA) is 75.0 Å². The predicted molar refractivity (Wildman–Crippen MR) is 102 cm³/mol. The molecular weight excluding hydrogens is 373 g/mol. The molecule has 26 heavy (non-hydrogen) atoms. The van der Waals surface area contributed by atoms with Crippen LogP contribution in [0.4, 0.5) is 5.69 Å². The number of rotatable bonds is 4. The van der Waals surface area contributed by atoms with Crippen LogP contribution >= 0.6 is 23.2 Å². The Bertz CT molecular complexity index is 1040.